The van der Waals surface area contributed by atoms with Crippen LogP contribution in [0.15, 0.2) is 29.2 Å². The van der Waals surface area contributed by atoms with E-state index in [4.69, 9.17) is 0 Å². The van der Waals surface area contributed by atoms with Crippen molar-refractivity contribution in [3.05, 3.63) is 29.8 Å². The van der Waals surface area contributed by atoms with Gasteiger partial charge in [0.25, 0.3) is 5.91 Å². The summed E-state index contributed by atoms with van der Waals surface area (Å²) in [5, 5.41) is 2.88. The highest BCUT2D eigenvalue weighted by atomic mass is 32.2. The fourth-order valence-electron chi connectivity index (χ4n) is 3.24. The maximum Gasteiger partial charge on any atom is 0.253 e. The zero-order valence-electron chi connectivity index (χ0n) is 16.0. The van der Waals surface area contributed by atoms with Crippen molar-refractivity contribution in [1.29, 1.82) is 0 Å². The van der Waals surface area contributed by atoms with E-state index in [1.54, 1.807) is 4.90 Å². The van der Waals surface area contributed by atoms with Crippen LogP contribution in [-0.2, 0) is 14.8 Å². The first-order chi connectivity index (χ1) is 12.9. The molecule has 0 spiro atoms. The van der Waals surface area contributed by atoms with E-state index in [1.807, 2.05) is 13.8 Å². The van der Waals surface area contributed by atoms with Crippen LogP contribution in [0.5, 0.6) is 0 Å². The number of amides is 2. The van der Waals surface area contributed by atoms with Crippen LogP contribution < -0.4 is 10.0 Å². The van der Waals surface area contributed by atoms with Gasteiger partial charge in [-0.2, -0.15) is 0 Å². The Morgan fingerprint density at radius 2 is 1.63 bits per heavy atom. The maximum atomic E-state index is 12.4. The normalized spacial score (nSPS) is 15.3. The number of hydrogen-bond acceptors (Lipinski definition) is 4. The molecule has 1 saturated carbocycles. The monoisotopic (exact) mass is 395 g/mol. The van der Waals surface area contributed by atoms with Crippen LogP contribution in [0.3, 0.4) is 0 Å². The van der Waals surface area contributed by atoms with Crippen LogP contribution in [0.2, 0.25) is 0 Å². The summed E-state index contributed by atoms with van der Waals surface area (Å²) in [6.45, 7) is 4.67. The Balaban J connectivity index is 1.93. The van der Waals surface area contributed by atoms with E-state index in [-0.39, 0.29) is 29.3 Å². The van der Waals surface area contributed by atoms with Crippen LogP contribution in [0.1, 0.15) is 56.3 Å². The molecular weight excluding hydrogens is 366 g/mol. The second-order valence-corrected chi connectivity index (χ2v) is 8.50. The van der Waals surface area contributed by atoms with Gasteiger partial charge in [0.2, 0.25) is 15.9 Å². The summed E-state index contributed by atoms with van der Waals surface area (Å²) in [5.41, 5.74) is 0.438. The molecule has 0 radical (unpaired) electrons. The van der Waals surface area contributed by atoms with E-state index in [0.29, 0.717) is 18.7 Å². The zero-order valence-corrected chi connectivity index (χ0v) is 16.8. The molecule has 1 aromatic rings. The predicted octanol–water partition coefficient (Wildman–Crippen LogP) is 1.90. The molecule has 1 aliphatic rings. The molecule has 0 atom stereocenters. The number of nitrogens with zero attached hydrogens (tertiary/aromatic N) is 1. The Kier molecular flexibility index (Phi) is 7.79. The molecule has 150 valence electrons. The summed E-state index contributed by atoms with van der Waals surface area (Å²) in [4.78, 5) is 26.0. The molecule has 2 rings (SSSR count). The molecule has 7 nitrogen and oxygen atoms in total. The van der Waals surface area contributed by atoms with E-state index in [0.717, 1.165) is 25.7 Å². The molecule has 2 amide bonds. The van der Waals surface area contributed by atoms with Gasteiger partial charge in [0.05, 0.1) is 11.4 Å². The third-order valence-corrected chi connectivity index (χ3v) is 6.27. The Labute approximate surface area is 161 Å². The fourth-order valence-corrected chi connectivity index (χ4v) is 4.22. The molecular formula is C19H29N3O4S. The van der Waals surface area contributed by atoms with Crippen molar-refractivity contribution in [2.45, 2.75) is 56.9 Å². The third-order valence-electron chi connectivity index (χ3n) is 4.86. The quantitative estimate of drug-likeness (QED) is 0.703. The van der Waals surface area contributed by atoms with Crippen LogP contribution in [0.25, 0.3) is 0 Å². The Morgan fingerprint density at radius 1 is 1.04 bits per heavy atom. The minimum Gasteiger partial charge on any atom is -0.352 e. The molecule has 1 aliphatic carbocycles. The zero-order chi connectivity index (χ0) is 19.9. The van der Waals surface area contributed by atoms with Crippen molar-refractivity contribution in [3.63, 3.8) is 0 Å². The minimum atomic E-state index is -3.81. The van der Waals surface area contributed by atoms with Crippen molar-refractivity contribution in [2.75, 3.05) is 19.6 Å². The molecule has 0 bridgehead atoms. The lowest BCUT2D eigenvalue weighted by molar-refractivity contribution is -0.120. The molecule has 1 fully saturated rings. The number of hydrogen-bond donors (Lipinski definition) is 2. The molecule has 0 aromatic heterocycles. The van der Waals surface area contributed by atoms with Gasteiger partial charge in [-0.1, -0.05) is 19.3 Å². The number of carbonyl (C=O) groups is 2. The maximum absolute atomic E-state index is 12.4. The van der Waals surface area contributed by atoms with E-state index < -0.39 is 10.0 Å². The van der Waals surface area contributed by atoms with E-state index in [9.17, 15) is 18.0 Å². The van der Waals surface area contributed by atoms with Gasteiger partial charge in [-0.3, -0.25) is 9.59 Å². The highest BCUT2D eigenvalue weighted by Crippen LogP contribution is 2.17. The highest BCUT2D eigenvalue weighted by molar-refractivity contribution is 7.89. The average molecular weight is 396 g/mol. The molecule has 27 heavy (non-hydrogen) atoms. The summed E-state index contributed by atoms with van der Waals surface area (Å²) in [6, 6.07) is 5.91. The van der Waals surface area contributed by atoms with Gasteiger partial charge in [-0.05, 0) is 51.0 Å². The van der Waals surface area contributed by atoms with Crippen LogP contribution >= 0.6 is 0 Å². The predicted molar refractivity (Wildman–Crippen MR) is 104 cm³/mol. The largest absolute Gasteiger partial charge is 0.352 e. The first-order valence-corrected chi connectivity index (χ1v) is 11.0. The lowest BCUT2D eigenvalue weighted by Crippen LogP contribution is -2.42. The summed E-state index contributed by atoms with van der Waals surface area (Å²) in [5.74, 6) is -0.456. The summed E-state index contributed by atoms with van der Waals surface area (Å²) >= 11 is 0. The number of sulfonamides is 1. The molecule has 0 aliphatic heterocycles. The number of rotatable bonds is 8. The van der Waals surface area contributed by atoms with E-state index >= 15 is 0 Å². The van der Waals surface area contributed by atoms with Gasteiger partial charge in [-0.15, -0.1) is 0 Å². The molecule has 8 heteroatoms. The van der Waals surface area contributed by atoms with E-state index in [2.05, 4.69) is 10.0 Å². The molecule has 0 heterocycles. The second kappa shape index (κ2) is 9.85. The van der Waals surface area contributed by atoms with Crippen LogP contribution in [0, 0.1) is 0 Å². The summed E-state index contributed by atoms with van der Waals surface area (Å²) < 4.78 is 27.1. The lowest BCUT2D eigenvalue weighted by atomic mass is 9.95. The Morgan fingerprint density at radius 3 is 2.19 bits per heavy atom. The fraction of sp³-hybridized carbons (Fsp3) is 0.579. The van der Waals surface area contributed by atoms with Crippen molar-refractivity contribution < 1.29 is 18.0 Å². The molecule has 0 unspecified atom stereocenters. The topological polar surface area (TPSA) is 95.6 Å². The SMILES string of the molecule is CCN(CC)C(=O)c1ccc(S(=O)(=O)NCC(=O)NC2CCCCC2)cc1. The van der Waals surface area contributed by atoms with Gasteiger partial charge in [0, 0.05) is 24.7 Å². The van der Waals surface area contributed by atoms with E-state index in [1.165, 1.54) is 30.7 Å². The highest BCUT2D eigenvalue weighted by Gasteiger charge is 2.20. The smallest absolute Gasteiger partial charge is 0.253 e. The number of nitrogens with one attached hydrogen (secondary N) is 2. The van der Waals surface area contributed by atoms with Gasteiger partial charge < -0.3 is 10.2 Å². The van der Waals surface area contributed by atoms with Gasteiger partial charge >= 0.3 is 0 Å². The standard InChI is InChI=1S/C19H29N3O4S/c1-3-22(4-2)19(24)15-10-12-17(13-11-15)27(25,26)20-14-18(23)21-16-8-6-5-7-9-16/h10-13,16,20H,3-9,14H2,1-2H3,(H,21,23). The van der Waals surface area contributed by atoms with Gasteiger partial charge in [-0.25, -0.2) is 13.1 Å². The van der Waals surface area contributed by atoms with Crippen molar-refractivity contribution in [1.82, 2.24) is 14.9 Å². The molecule has 0 saturated heterocycles. The molecule has 2 N–H and O–H groups in total. The second-order valence-electron chi connectivity index (χ2n) is 6.73. The Hall–Kier alpha value is -1.93. The van der Waals surface area contributed by atoms with Crippen LogP contribution in [0.4, 0.5) is 0 Å². The summed E-state index contributed by atoms with van der Waals surface area (Å²) in [7, 11) is -3.81. The van der Waals surface area contributed by atoms with Crippen molar-refractivity contribution >= 4 is 21.8 Å². The Bertz CT molecular complexity index is 737. The third kappa shape index (κ3) is 6.04. The average Bonchev–Trinajstić information content (AvgIpc) is 2.68. The number of benzene rings is 1. The first kappa shape index (κ1) is 21.4. The van der Waals surface area contributed by atoms with Gasteiger partial charge in [0.15, 0.2) is 0 Å². The summed E-state index contributed by atoms with van der Waals surface area (Å²) in [6.07, 6.45) is 5.26. The van der Waals surface area contributed by atoms with Crippen molar-refractivity contribution in [2.24, 2.45) is 0 Å². The lowest BCUT2D eigenvalue weighted by Gasteiger charge is -2.22. The number of carbonyl (C=O) groups excluding carboxylic acids is 2. The van der Waals surface area contributed by atoms with Crippen LogP contribution in [-0.4, -0.2) is 50.8 Å². The van der Waals surface area contributed by atoms with Gasteiger partial charge in [0.1, 0.15) is 0 Å². The molecule has 1 aromatic carbocycles. The van der Waals surface area contributed by atoms with Crippen molar-refractivity contribution in [3.8, 4) is 0 Å². The minimum absolute atomic E-state index is 0.0315. The first-order valence-electron chi connectivity index (χ1n) is 9.55.